The van der Waals surface area contributed by atoms with Crippen LogP contribution in [0.15, 0.2) is 28.8 Å². The molecule has 1 N–H and O–H groups in total. The van der Waals surface area contributed by atoms with E-state index in [9.17, 15) is 0 Å². The lowest BCUT2D eigenvalue weighted by molar-refractivity contribution is 0.146. The molecular weight excluding hydrogens is 292 g/mol. The molecule has 1 aliphatic rings. The van der Waals surface area contributed by atoms with Gasteiger partial charge in [-0.1, -0.05) is 37.2 Å². The number of ether oxygens (including phenoxy) is 1. The fraction of sp³-hybridized carbons (Fsp3) is 0.529. The summed E-state index contributed by atoms with van der Waals surface area (Å²) in [6.45, 7) is 7.57. The van der Waals surface area contributed by atoms with Gasteiger partial charge in [-0.25, -0.2) is 0 Å². The molecule has 0 saturated carbocycles. The standard InChI is InChI=1S/C17H24N4O2/c1-12(2)17-19-16(20-23-17)11-21-9-8-18-10-14(21)13-6-4-5-7-15(13)22-3/h4-7,12,14,18H,8-11H2,1-3H3. The highest BCUT2D eigenvalue weighted by molar-refractivity contribution is 5.36. The molecule has 6 heteroatoms. The minimum absolute atomic E-state index is 0.237. The Bertz CT molecular complexity index is 641. The van der Waals surface area contributed by atoms with Gasteiger partial charge in [0.25, 0.3) is 0 Å². The largest absolute Gasteiger partial charge is 0.496 e. The second-order valence-corrected chi connectivity index (χ2v) is 6.14. The molecule has 1 atom stereocenters. The summed E-state index contributed by atoms with van der Waals surface area (Å²) in [5.41, 5.74) is 1.19. The zero-order valence-electron chi connectivity index (χ0n) is 14.0. The van der Waals surface area contributed by atoms with Gasteiger partial charge in [-0.05, 0) is 6.07 Å². The zero-order chi connectivity index (χ0) is 16.2. The van der Waals surface area contributed by atoms with E-state index in [2.05, 4.69) is 46.3 Å². The highest BCUT2D eigenvalue weighted by Gasteiger charge is 2.27. The number of piperazine rings is 1. The van der Waals surface area contributed by atoms with Crippen LogP contribution in [0.5, 0.6) is 5.75 Å². The third-order valence-electron chi connectivity index (χ3n) is 4.17. The minimum Gasteiger partial charge on any atom is -0.496 e. The van der Waals surface area contributed by atoms with Gasteiger partial charge >= 0.3 is 0 Å². The molecular formula is C17H24N4O2. The smallest absolute Gasteiger partial charge is 0.229 e. The number of nitrogens with zero attached hydrogens (tertiary/aromatic N) is 3. The SMILES string of the molecule is COc1ccccc1C1CNCCN1Cc1noc(C(C)C)n1. The predicted octanol–water partition coefficient (Wildman–Crippen LogP) is 2.35. The maximum Gasteiger partial charge on any atom is 0.229 e. The number of methoxy groups -OCH3 is 1. The van der Waals surface area contributed by atoms with Crippen molar-refractivity contribution in [2.45, 2.75) is 32.4 Å². The first-order valence-electron chi connectivity index (χ1n) is 8.09. The first kappa shape index (κ1) is 16.0. The predicted molar refractivity (Wildman–Crippen MR) is 87.4 cm³/mol. The van der Waals surface area contributed by atoms with Crippen LogP contribution in [0.25, 0.3) is 0 Å². The van der Waals surface area contributed by atoms with E-state index in [0.29, 0.717) is 12.4 Å². The summed E-state index contributed by atoms with van der Waals surface area (Å²) in [7, 11) is 1.72. The molecule has 0 bridgehead atoms. The lowest BCUT2D eigenvalue weighted by atomic mass is 10.0. The third kappa shape index (κ3) is 3.54. The van der Waals surface area contributed by atoms with Crippen LogP contribution in [-0.4, -0.2) is 41.8 Å². The zero-order valence-corrected chi connectivity index (χ0v) is 14.0. The molecule has 23 heavy (non-hydrogen) atoms. The van der Waals surface area contributed by atoms with Gasteiger partial charge < -0.3 is 14.6 Å². The fourth-order valence-corrected chi connectivity index (χ4v) is 2.93. The van der Waals surface area contributed by atoms with Crippen molar-refractivity contribution in [1.29, 1.82) is 0 Å². The Morgan fingerprint density at radius 1 is 1.39 bits per heavy atom. The van der Waals surface area contributed by atoms with Crippen LogP contribution < -0.4 is 10.1 Å². The Balaban J connectivity index is 1.81. The van der Waals surface area contributed by atoms with Gasteiger partial charge in [-0.3, -0.25) is 4.90 Å². The van der Waals surface area contributed by atoms with Gasteiger partial charge in [0.15, 0.2) is 5.82 Å². The first-order chi connectivity index (χ1) is 11.2. The van der Waals surface area contributed by atoms with Gasteiger partial charge in [0.1, 0.15) is 5.75 Å². The second-order valence-electron chi connectivity index (χ2n) is 6.14. The van der Waals surface area contributed by atoms with Crippen molar-refractivity contribution < 1.29 is 9.26 Å². The molecule has 1 aliphatic heterocycles. The van der Waals surface area contributed by atoms with E-state index in [1.807, 2.05) is 12.1 Å². The summed E-state index contributed by atoms with van der Waals surface area (Å²) in [6, 6.07) is 8.42. The molecule has 124 valence electrons. The molecule has 0 radical (unpaired) electrons. The van der Waals surface area contributed by atoms with E-state index in [4.69, 9.17) is 9.26 Å². The highest BCUT2D eigenvalue weighted by Crippen LogP contribution is 2.30. The Morgan fingerprint density at radius 3 is 2.96 bits per heavy atom. The lowest BCUT2D eigenvalue weighted by Crippen LogP contribution is -2.45. The van der Waals surface area contributed by atoms with Crippen molar-refractivity contribution in [3.63, 3.8) is 0 Å². The van der Waals surface area contributed by atoms with Crippen molar-refractivity contribution in [1.82, 2.24) is 20.4 Å². The number of rotatable bonds is 5. The topological polar surface area (TPSA) is 63.4 Å². The van der Waals surface area contributed by atoms with E-state index >= 15 is 0 Å². The Morgan fingerprint density at radius 2 is 2.22 bits per heavy atom. The molecule has 1 saturated heterocycles. The van der Waals surface area contributed by atoms with Crippen LogP contribution in [0.3, 0.4) is 0 Å². The van der Waals surface area contributed by atoms with Crippen LogP contribution in [-0.2, 0) is 6.54 Å². The second kappa shape index (κ2) is 7.10. The average molecular weight is 316 g/mol. The Kier molecular flexibility index (Phi) is 4.93. The molecule has 3 rings (SSSR count). The molecule has 1 fully saturated rings. The van der Waals surface area contributed by atoms with E-state index in [1.165, 1.54) is 5.56 Å². The third-order valence-corrected chi connectivity index (χ3v) is 4.17. The number of aromatic nitrogens is 2. The normalized spacial score (nSPS) is 19.2. The first-order valence-corrected chi connectivity index (χ1v) is 8.09. The number of benzene rings is 1. The van der Waals surface area contributed by atoms with Gasteiger partial charge in [0, 0.05) is 31.1 Å². The maximum absolute atomic E-state index is 5.53. The van der Waals surface area contributed by atoms with Crippen LogP contribution >= 0.6 is 0 Å². The molecule has 1 aromatic heterocycles. The Hall–Kier alpha value is -1.92. The summed E-state index contributed by atoms with van der Waals surface area (Å²) in [4.78, 5) is 6.88. The molecule has 0 amide bonds. The average Bonchev–Trinajstić information content (AvgIpc) is 3.04. The number of hydrogen-bond donors (Lipinski definition) is 1. The minimum atomic E-state index is 0.237. The van der Waals surface area contributed by atoms with Crippen LogP contribution in [0, 0.1) is 0 Å². The summed E-state index contributed by atoms with van der Waals surface area (Å²) in [5, 5.41) is 7.59. The van der Waals surface area contributed by atoms with E-state index in [-0.39, 0.29) is 12.0 Å². The van der Waals surface area contributed by atoms with Crippen LogP contribution in [0.1, 0.15) is 43.1 Å². The molecule has 2 heterocycles. The van der Waals surface area contributed by atoms with E-state index in [1.54, 1.807) is 7.11 Å². The summed E-state index contributed by atoms with van der Waals surface area (Å²) in [5.74, 6) is 2.62. The molecule has 1 aromatic carbocycles. The van der Waals surface area contributed by atoms with Crippen molar-refractivity contribution in [2.24, 2.45) is 0 Å². The summed E-state index contributed by atoms with van der Waals surface area (Å²) in [6.07, 6.45) is 0. The number of hydrogen-bond acceptors (Lipinski definition) is 6. The monoisotopic (exact) mass is 316 g/mol. The van der Waals surface area contributed by atoms with Crippen molar-refractivity contribution in [3.05, 3.63) is 41.5 Å². The summed E-state index contributed by atoms with van der Waals surface area (Å²) < 4.78 is 10.9. The summed E-state index contributed by atoms with van der Waals surface area (Å²) >= 11 is 0. The molecule has 1 unspecified atom stereocenters. The van der Waals surface area contributed by atoms with E-state index in [0.717, 1.165) is 31.2 Å². The number of nitrogens with one attached hydrogen (secondary N) is 1. The number of para-hydroxylation sites is 1. The maximum atomic E-state index is 5.53. The van der Waals surface area contributed by atoms with Gasteiger partial charge in [0.2, 0.25) is 5.89 Å². The Labute approximate surface area is 136 Å². The van der Waals surface area contributed by atoms with E-state index < -0.39 is 0 Å². The van der Waals surface area contributed by atoms with Crippen LogP contribution in [0.2, 0.25) is 0 Å². The van der Waals surface area contributed by atoms with Crippen LogP contribution in [0.4, 0.5) is 0 Å². The van der Waals surface area contributed by atoms with Crippen molar-refractivity contribution >= 4 is 0 Å². The molecule has 0 aliphatic carbocycles. The molecule has 0 spiro atoms. The lowest BCUT2D eigenvalue weighted by Gasteiger charge is -2.36. The fourth-order valence-electron chi connectivity index (χ4n) is 2.93. The van der Waals surface area contributed by atoms with Gasteiger partial charge in [0.05, 0.1) is 19.7 Å². The highest BCUT2D eigenvalue weighted by atomic mass is 16.5. The quantitative estimate of drug-likeness (QED) is 0.913. The van der Waals surface area contributed by atoms with Gasteiger partial charge in [-0.15, -0.1) is 0 Å². The van der Waals surface area contributed by atoms with Crippen molar-refractivity contribution in [3.8, 4) is 5.75 Å². The molecule has 2 aromatic rings. The van der Waals surface area contributed by atoms with Gasteiger partial charge in [-0.2, -0.15) is 4.98 Å². The van der Waals surface area contributed by atoms with Crippen molar-refractivity contribution in [2.75, 3.05) is 26.7 Å². The molecule has 6 nitrogen and oxygen atoms in total.